The van der Waals surface area contributed by atoms with E-state index in [1.165, 1.54) is 23.4 Å². The third-order valence-electron chi connectivity index (χ3n) is 4.55. The molecule has 4 heteroatoms. The summed E-state index contributed by atoms with van der Waals surface area (Å²) in [7, 11) is 0. The fourth-order valence-corrected chi connectivity index (χ4v) is 3.10. The summed E-state index contributed by atoms with van der Waals surface area (Å²) in [6, 6.07) is 14.7. The smallest absolute Gasteiger partial charge is 0.224 e. The molecule has 2 aromatic rings. The highest BCUT2D eigenvalue weighted by molar-refractivity contribution is 5.78. The van der Waals surface area contributed by atoms with Crippen molar-refractivity contribution in [2.75, 3.05) is 24.5 Å². The molecule has 2 aromatic carbocycles. The molecule has 0 bridgehead atoms. The second kappa shape index (κ2) is 7.47. The van der Waals surface area contributed by atoms with Crippen molar-refractivity contribution < 1.29 is 9.18 Å². The molecule has 1 N–H and O–H groups in total. The maximum atomic E-state index is 12.9. The van der Waals surface area contributed by atoms with Crippen LogP contribution in [0.2, 0.25) is 0 Å². The van der Waals surface area contributed by atoms with Crippen LogP contribution in [0.25, 0.3) is 0 Å². The Hall–Kier alpha value is -2.36. The maximum absolute atomic E-state index is 12.9. The fraction of sp³-hybridized carbons (Fsp3) is 0.350. The molecule has 126 valence electrons. The lowest BCUT2D eigenvalue weighted by molar-refractivity contribution is -0.120. The number of nitrogens with zero attached hydrogens (tertiary/aromatic N) is 1. The van der Waals surface area contributed by atoms with Gasteiger partial charge in [0.2, 0.25) is 5.91 Å². The van der Waals surface area contributed by atoms with E-state index in [1.807, 2.05) is 0 Å². The second-order valence-electron chi connectivity index (χ2n) is 6.54. The number of aryl methyl sites for hydroxylation is 1. The molecule has 1 atom stereocenters. The fourth-order valence-electron chi connectivity index (χ4n) is 3.10. The van der Waals surface area contributed by atoms with E-state index in [0.29, 0.717) is 18.9 Å². The number of benzene rings is 2. The topological polar surface area (TPSA) is 32.3 Å². The SMILES string of the molecule is Cc1ccc(N2CCC(CNC(=O)Cc3ccc(F)cc3)C2)cc1. The quantitative estimate of drug-likeness (QED) is 0.914. The normalized spacial score (nSPS) is 17.1. The van der Waals surface area contributed by atoms with E-state index >= 15 is 0 Å². The lowest BCUT2D eigenvalue weighted by Crippen LogP contribution is -2.32. The summed E-state index contributed by atoms with van der Waals surface area (Å²) in [5, 5.41) is 3.01. The largest absolute Gasteiger partial charge is 0.371 e. The standard InChI is InChI=1S/C20H23FN2O/c1-15-2-8-19(9-3-15)23-11-10-17(14-23)13-22-20(24)12-16-4-6-18(21)7-5-16/h2-9,17H,10-14H2,1H3,(H,22,24). The number of anilines is 1. The molecule has 1 amide bonds. The van der Waals surface area contributed by atoms with Crippen molar-refractivity contribution in [3.05, 3.63) is 65.5 Å². The Morgan fingerprint density at radius 2 is 1.88 bits per heavy atom. The molecule has 1 fully saturated rings. The molecule has 1 unspecified atom stereocenters. The zero-order chi connectivity index (χ0) is 16.9. The molecule has 3 nitrogen and oxygen atoms in total. The van der Waals surface area contributed by atoms with Crippen LogP contribution in [-0.4, -0.2) is 25.5 Å². The molecule has 0 spiro atoms. The van der Waals surface area contributed by atoms with Gasteiger partial charge in [-0.2, -0.15) is 0 Å². The molecule has 24 heavy (non-hydrogen) atoms. The van der Waals surface area contributed by atoms with Gasteiger partial charge in [-0.15, -0.1) is 0 Å². The van der Waals surface area contributed by atoms with Gasteiger partial charge in [-0.05, 0) is 49.1 Å². The molecule has 1 aliphatic heterocycles. The van der Waals surface area contributed by atoms with E-state index in [0.717, 1.165) is 25.1 Å². The van der Waals surface area contributed by atoms with Crippen molar-refractivity contribution in [1.82, 2.24) is 5.32 Å². The lowest BCUT2D eigenvalue weighted by Gasteiger charge is -2.19. The van der Waals surface area contributed by atoms with Crippen LogP contribution in [0, 0.1) is 18.7 Å². The first-order valence-electron chi connectivity index (χ1n) is 8.43. The van der Waals surface area contributed by atoms with E-state index in [-0.39, 0.29) is 11.7 Å². The molecule has 0 saturated carbocycles. The first-order valence-corrected chi connectivity index (χ1v) is 8.43. The number of carbonyl (C=O) groups excluding carboxylic acids is 1. The zero-order valence-corrected chi connectivity index (χ0v) is 14.0. The highest BCUT2D eigenvalue weighted by atomic mass is 19.1. The third kappa shape index (κ3) is 4.34. The predicted molar refractivity (Wildman–Crippen MR) is 94.6 cm³/mol. The number of carbonyl (C=O) groups is 1. The van der Waals surface area contributed by atoms with E-state index in [2.05, 4.69) is 41.4 Å². The first kappa shape index (κ1) is 16.5. The summed E-state index contributed by atoms with van der Waals surface area (Å²) in [6.07, 6.45) is 1.39. The van der Waals surface area contributed by atoms with Gasteiger partial charge in [-0.25, -0.2) is 4.39 Å². The number of halogens is 1. The van der Waals surface area contributed by atoms with Crippen LogP contribution >= 0.6 is 0 Å². The van der Waals surface area contributed by atoms with Crippen molar-refractivity contribution in [2.24, 2.45) is 5.92 Å². The number of rotatable bonds is 5. The molecular formula is C20H23FN2O. The van der Waals surface area contributed by atoms with E-state index in [9.17, 15) is 9.18 Å². The Kier molecular flexibility index (Phi) is 5.14. The molecule has 1 saturated heterocycles. The average Bonchev–Trinajstić information content (AvgIpc) is 3.05. The van der Waals surface area contributed by atoms with Gasteiger partial charge in [0.05, 0.1) is 6.42 Å². The van der Waals surface area contributed by atoms with E-state index in [4.69, 9.17) is 0 Å². The molecule has 0 aliphatic carbocycles. The molecular weight excluding hydrogens is 303 g/mol. The summed E-state index contributed by atoms with van der Waals surface area (Å²) in [4.78, 5) is 14.4. The van der Waals surface area contributed by atoms with Crippen LogP contribution in [0.3, 0.4) is 0 Å². The number of amides is 1. The van der Waals surface area contributed by atoms with Crippen LogP contribution in [0.1, 0.15) is 17.5 Å². The van der Waals surface area contributed by atoms with Gasteiger partial charge < -0.3 is 10.2 Å². The van der Waals surface area contributed by atoms with Crippen molar-refractivity contribution in [2.45, 2.75) is 19.8 Å². The molecule has 0 aromatic heterocycles. The summed E-state index contributed by atoms with van der Waals surface area (Å²) in [6.45, 7) is 4.79. The highest BCUT2D eigenvalue weighted by Crippen LogP contribution is 2.23. The monoisotopic (exact) mass is 326 g/mol. The number of nitrogens with one attached hydrogen (secondary N) is 1. The maximum Gasteiger partial charge on any atom is 0.224 e. The van der Waals surface area contributed by atoms with Gasteiger partial charge >= 0.3 is 0 Å². The highest BCUT2D eigenvalue weighted by Gasteiger charge is 2.23. The Balaban J connectivity index is 1.44. The van der Waals surface area contributed by atoms with Crippen LogP contribution in [0.5, 0.6) is 0 Å². The van der Waals surface area contributed by atoms with Crippen molar-refractivity contribution in [3.63, 3.8) is 0 Å². The van der Waals surface area contributed by atoms with Gasteiger partial charge in [0.15, 0.2) is 0 Å². The summed E-state index contributed by atoms with van der Waals surface area (Å²) >= 11 is 0. The molecule has 3 rings (SSSR count). The summed E-state index contributed by atoms with van der Waals surface area (Å²) in [5.41, 5.74) is 3.35. The van der Waals surface area contributed by atoms with Gasteiger partial charge in [0, 0.05) is 25.3 Å². The molecule has 1 aliphatic rings. The van der Waals surface area contributed by atoms with Crippen molar-refractivity contribution in [3.8, 4) is 0 Å². The zero-order valence-electron chi connectivity index (χ0n) is 14.0. The van der Waals surface area contributed by atoms with Gasteiger partial charge in [-0.1, -0.05) is 29.8 Å². The minimum atomic E-state index is -0.277. The number of hydrogen-bond donors (Lipinski definition) is 1. The third-order valence-corrected chi connectivity index (χ3v) is 4.55. The first-order chi connectivity index (χ1) is 11.6. The Bertz CT molecular complexity index is 682. The van der Waals surface area contributed by atoms with Crippen LogP contribution < -0.4 is 10.2 Å². The minimum absolute atomic E-state index is 0.00426. The van der Waals surface area contributed by atoms with Crippen molar-refractivity contribution in [1.29, 1.82) is 0 Å². The summed E-state index contributed by atoms with van der Waals surface area (Å²) in [5.74, 6) is 0.195. The van der Waals surface area contributed by atoms with Gasteiger partial charge in [0.25, 0.3) is 0 Å². The number of hydrogen-bond acceptors (Lipinski definition) is 2. The molecule has 0 radical (unpaired) electrons. The van der Waals surface area contributed by atoms with Crippen molar-refractivity contribution >= 4 is 11.6 Å². The predicted octanol–water partition coefficient (Wildman–Crippen LogP) is 3.32. The minimum Gasteiger partial charge on any atom is -0.371 e. The lowest BCUT2D eigenvalue weighted by atomic mass is 10.1. The molecule has 1 heterocycles. The average molecular weight is 326 g/mol. The van der Waals surface area contributed by atoms with Crippen LogP contribution in [0.4, 0.5) is 10.1 Å². The van der Waals surface area contributed by atoms with Gasteiger partial charge in [0.1, 0.15) is 5.82 Å². The van der Waals surface area contributed by atoms with E-state index < -0.39 is 0 Å². The second-order valence-corrected chi connectivity index (χ2v) is 6.54. The van der Waals surface area contributed by atoms with Crippen LogP contribution in [0.15, 0.2) is 48.5 Å². The van der Waals surface area contributed by atoms with Crippen LogP contribution in [-0.2, 0) is 11.2 Å². The Labute approximate surface area is 142 Å². The van der Waals surface area contributed by atoms with Gasteiger partial charge in [-0.3, -0.25) is 4.79 Å². The Morgan fingerprint density at radius 3 is 2.58 bits per heavy atom. The summed E-state index contributed by atoms with van der Waals surface area (Å²) < 4.78 is 12.9. The van der Waals surface area contributed by atoms with E-state index in [1.54, 1.807) is 12.1 Å². The Morgan fingerprint density at radius 1 is 1.17 bits per heavy atom.